The van der Waals surface area contributed by atoms with Crippen molar-refractivity contribution in [3.05, 3.63) is 54.0 Å². The molecule has 1 N–H and O–H groups in total. The topological polar surface area (TPSA) is 59.7 Å². The minimum absolute atomic E-state index is 0.0488. The fourth-order valence-electron chi connectivity index (χ4n) is 1.54. The van der Waals surface area contributed by atoms with Gasteiger partial charge in [0.15, 0.2) is 12.4 Å². The molecule has 0 aliphatic heterocycles. The molecule has 18 heavy (non-hydrogen) atoms. The number of hydrogen-bond acceptors (Lipinski definition) is 4. The smallest absolute Gasteiger partial charge is 0.235 e. The molecular weight excluding hydrogens is 232 g/mol. The van der Waals surface area contributed by atoms with Gasteiger partial charge in [-0.05, 0) is 36.2 Å². The van der Waals surface area contributed by atoms with Crippen molar-refractivity contribution in [2.75, 3.05) is 13.2 Å². The van der Waals surface area contributed by atoms with Gasteiger partial charge in [0.2, 0.25) is 5.78 Å². The summed E-state index contributed by atoms with van der Waals surface area (Å²) < 4.78 is 10.3. The van der Waals surface area contributed by atoms with Crippen molar-refractivity contribution in [1.29, 1.82) is 0 Å². The lowest BCUT2D eigenvalue weighted by Crippen LogP contribution is -2.10. The van der Waals surface area contributed by atoms with Crippen LogP contribution in [0, 0.1) is 0 Å². The summed E-state index contributed by atoms with van der Waals surface area (Å²) in [6, 6.07) is 10.6. The van der Waals surface area contributed by atoms with Crippen molar-refractivity contribution < 1.29 is 19.1 Å². The molecule has 4 heteroatoms. The molecule has 1 heterocycles. The standard InChI is InChI=1S/C14H14O4/c15-8-7-11-3-5-12(6-4-11)18-10-13(16)14-2-1-9-17-14/h1-6,9,15H,7-8,10H2. The molecule has 0 aliphatic carbocycles. The van der Waals surface area contributed by atoms with E-state index in [1.807, 2.05) is 12.1 Å². The highest BCUT2D eigenvalue weighted by Gasteiger charge is 2.09. The quantitative estimate of drug-likeness (QED) is 0.793. The zero-order valence-corrected chi connectivity index (χ0v) is 9.83. The van der Waals surface area contributed by atoms with Gasteiger partial charge in [-0.25, -0.2) is 0 Å². The zero-order chi connectivity index (χ0) is 12.8. The molecule has 0 bridgehead atoms. The van der Waals surface area contributed by atoms with Crippen molar-refractivity contribution in [2.45, 2.75) is 6.42 Å². The molecule has 0 saturated carbocycles. The van der Waals surface area contributed by atoms with E-state index in [0.29, 0.717) is 17.9 Å². The van der Waals surface area contributed by atoms with E-state index < -0.39 is 0 Å². The van der Waals surface area contributed by atoms with Crippen molar-refractivity contribution in [2.24, 2.45) is 0 Å². The van der Waals surface area contributed by atoms with Crippen LogP contribution in [0.4, 0.5) is 0 Å². The minimum Gasteiger partial charge on any atom is -0.485 e. The predicted octanol–water partition coefficient (Wildman–Crippen LogP) is 2.08. The summed E-state index contributed by atoms with van der Waals surface area (Å²) in [5.41, 5.74) is 1.03. The van der Waals surface area contributed by atoms with Crippen LogP contribution in [0.15, 0.2) is 47.1 Å². The Hall–Kier alpha value is -2.07. The monoisotopic (exact) mass is 246 g/mol. The molecule has 0 aliphatic rings. The van der Waals surface area contributed by atoms with Gasteiger partial charge in [-0.3, -0.25) is 4.79 Å². The van der Waals surface area contributed by atoms with E-state index in [-0.39, 0.29) is 19.0 Å². The van der Waals surface area contributed by atoms with Crippen LogP contribution in [-0.4, -0.2) is 24.1 Å². The van der Waals surface area contributed by atoms with E-state index in [2.05, 4.69) is 0 Å². The Morgan fingerprint density at radius 3 is 2.61 bits per heavy atom. The number of benzene rings is 1. The van der Waals surface area contributed by atoms with Gasteiger partial charge in [0.25, 0.3) is 0 Å². The lowest BCUT2D eigenvalue weighted by molar-refractivity contribution is 0.0894. The zero-order valence-electron chi connectivity index (χ0n) is 9.83. The van der Waals surface area contributed by atoms with Crippen LogP contribution in [0.5, 0.6) is 5.75 Å². The lowest BCUT2D eigenvalue weighted by atomic mass is 10.1. The van der Waals surface area contributed by atoms with Crippen molar-refractivity contribution in [1.82, 2.24) is 0 Å². The Kier molecular flexibility index (Phi) is 4.15. The van der Waals surface area contributed by atoms with Gasteiger partial charge < -0.3 is 14.3 Å². The maximum Gasteiger partial charge on any atom is 0.235 e. The van der Waals surface area contributed by atoms with E-state index in [1.165, 1.54) is 6.26 Å². The third-order valence-electron chi connectivity index (χ3n) is 2.49. The normalized spacial score (nSPS) is 10.3. The summed E-state index contributed by atoms with van der Waals surface area (Å²) in [5, 5.41) is 8.78. The summed E-state index contributed by atoms with van der Waals surface area (Å²) in [5.74, 6) is 0.725. The second-order valence-electron chi connectivity index (χ2n) is 3.81. The number of ketones is 1. The first-order chi connectivity index (χ1) is 8.79. The SMILES string of the molecule is O=C(COc1ccc(CCO)cc1)c1ccco1. The molecule has 2 rings (SSSR count). The van der Waals surface area contributed by atoms with Gasteiger partial charge in [0.1, 0.15) is 5.75 Å². The average Bonchev–Trinajstić information content (AvgIpc) is 2.92. The highest BCUT2D eigenvalue weighted by Crippen LogP contribution is 2.13. The number of aliphatic hydroxyl groups excluding tert-OH is 1. The van der Waals surface area contributed by atoms with Crippen LogP contribution in [0.3, 0.4) is 0 Å². The minimum atomic E-state index is -0.195. The number of aliphatic hydroxyl groups is 1. The third-order valence-corrected chi connectivity index (χ3v) is 2.49. The molecule has 2 aromatic rings. The lowest BCUT2D eigenvalue weighted by Gasteiger charge is -2.05. The third kappa shape index (κ3) is 3.21. The van der Waals surface area contributed by atoms with E-state index in [4.69, 9.17) is 14.3 Å². The van der Waals surface area contributed by atoms with Gasteiger partial charge in [-0.15, -0.1) is 0 Å². The van der Waals surface area contributed by atoms with E-state index in [0.717, 1.165) is 5.56 Å². The molecule has 0 unspecified atom stereocenters. The fourth-order valence-corrected chi connectivity index (χ4v) is 1.54. The van der Waals surface area contributed by atoms with E-state index in [1.54, 1.807) is 24.3 Å². The second-order valence-corrected chi connectivity index (χ2v) is 3.81. The van der Waals surface area contributed by atoms with Gasteiger partial charge >= 0.3 is 0 Å². The summed E-state index contributed by atoms with van der Waals surface area (Å²) >= 11 is 0. The first kappa shape index (κ1) is 12.4. The number of ether oxygens (including phenoxy) is 1. The average molecular weight is 246 g/mol. The number of hydrogen-bond donors (Lipinski definition) is 1. The first-order valence-corrected chi connectivity index (χ1v) is 5.69. The highest BCUT2D eigenvalue weighted by atomic mass is 16.5. The maximum absolute atomic E-state index is 11.6. The Labute approximate surface area is 105 Å². The van der Waals surface area contributed by atoms with Crippen molar-refractivity contribution in [3.63, 3.8) is 0 Å². The number of rotatable bonds is 6. The first-order valence-electron chi connectivity index (χ1n) is 5.69. The van der Waals surface area contributed by atoms with Crippen molar-refractivity contribution >= 4 is 5.78 Å². The molecule has 0 amide bonds. The molecule has 4 nitrogen and oxygen atoms in total. The van der Waals surface area contributed by atoms with Gasteiger partial charge in [-0.2, -0.15) is 0 Å². The van der Waals surface area contributed by atoms with Gasteiger partial charge in [-0.1, -0.05) is 12.1 Å². The Balaban J connectivity index is 1.88. The molecule has 0 saturated heterocycles. The molecule has 0 fully saturated rings. The molecule has 1 aromatic heterocycles. The van der Waals surface area contributed by atoms with Crippen LogP contribution in [0.25, 0.3) is 0 Å². The number of furan rings is 1. The Morgan fingerprint density at radius 1 is 1.22 bits per heavy atom. The highest BCUT2D eigenvalue weighted by molar-refractivity contribution is 5.94. The second kappa shape index (κ2) is 6.02. The molecule has 0 atom stereocenters. The molecule has 0 radical (unpaired) electrons. The van der Waals surface area contributed by atoms with Crippen molar-refractivity contribution in [3.8, 4) is 5.75 Å². The van der Waals surface area contributed by atoms with Crippen LogP contribution < -0.4 is 4.74 Å². The van der Waals surface area contributed by atoms with E-state index >= 15 is 0 Å². The van der Waals surface area contributed by atoms with Crippen LogP contribution in [-0.2, 0) is 6.42 Å². The predicted molar refractivity (Wildman–Crippen MR) is 65.8 cm³/mol. The van der Waals surface area contributed by atoms with Crippen LogP contribution >= 0.6 is 0 Å². The summed E-state index contributed by atoms with van der Waals surface area (Å²) in [7, 11) is 0. The van der Waals surface area contributed by atoms with Crippen LogP contribution in [0.1, 0.15) is 16.1 Å². The summed E-state index contributed by atoms with van der Waals surface area (Å²) in [4.78, 5) is 11.6. The number of Topliss-reactive ketones (excluding diaryl/α,β-unsaturated/α-hetero) is 1. The fraction of sp³-hybridized carbons (Fsp3) is 0.214. The number of carbonyl (C=O) groups excluding carboxylic acids is 1. The summed E-state index contributed by atoms with van der Waals surface area (Å²) in [6.07, 6.45) is 2.07. The van der Waals surface area contributed by atoms with E-state index in [9.17, 15) is 4.79 Å². The largest absolute Gasteiger partial charge is 0.485 e. The molecule has 1 aromatic carbocycles. The molecule has 94 valence electrons. The van der Waals surface area contributed by atoms with Crippen LogP contribution in [0.2, 0.25) is 0 Å². The van der Waals surface area contributed by atoms with Gasteiger partial charge in [0, 0.05) is 6.61 Å². The van der Waals surface area contributed by atoms with Gasteiger partial charge in [0.05, 0.1) is 6.26 Å². The Bertz CT molecular complexity index is 485. The number of carbonyl (C=O) groups is 1. The summed E-state index contributed by atoms with van der Waals surface area (Å²) in [6.45, 7) is 0.0735. The molecular formula is C14H14O4. The maximum atomic E-state index is 11.6. The Morgan fingerprint density at radius 2 is 2.00 bits per heavy atom. The molecule has 0 spiro atoms.